The number of amides is 2. The molecule has 0 saturated carbocycles. The predicted octanol–water partition coefficient (Wildman–Crippen LogP) is 2.33. The summed E-state index contributed by atoms with van der Waals surface area (Å²) in [6, 6.07) is -0.463. The van der Waals surface area contributed by atoms with Crippen LogP contribution in [0, 0.1) is 5.92 Å². The lowest BCUT2D eigenvalue weighted by atomic mass is 9.93. The second kappa shape index (κ2) is 6.92. The van der Waals surface area contributed by atoms with Crippen LogP contribution in [0.5, 0.6) is 0 Å². The highest BCUT2D eigenvalue weighted by atomic mass is 16.2. The van der Waals surface area contributed by atoms with Crippen molar-refractivity contribution in [2.75, 3.05) is 0 Å². The van der Waals surface area contributed by atoms with Gasteiger partial charge in [-0.3, -0.25) is 9.59 Å². The monoisotopic (exact) mass is 268 g/mol. The third-order valence-electron chi connectivity index (χ3n) is 4.02. The van der Waals surface area contributed by atoms with Crippen LogP contribution < -0.4 is 5.32 Å². The Morgan fingerprint density at radius 3 is 2.16 bits per heavy atom. The number of nitrogens with zero attached hydrogens (tertiary/aromatic N) is 1. The number of rotatable bonds is 6. The van der Waals surface area contributed by atoms with E-state index in [-0.39, 0.29) is 35.9 Å². The molecule has 0 aliphatic carbocycles. The molecule has 1 saturated heterocycles. The molecule has 2 atom stereocenters. The van der Waals surface area contributed by atoms with Crippen molar-refractivity contribution in [3.63, 3.8) is 0 Å². The smallest absolute Gasteiger partial charge is 0.246 e. The zero-order valence-electron chi connectivity index (χ0n) is 12.9. The van der Waals surface area contributed by atoms with E-state index in [1.807, 2.05) is 18.7 Å². The maximum absolute atomic E-state index is 12.7. The summed E-state index contributed by atoms with van der Waals surface area (Å²) in [7, 11) is 0. The molecule has 0 aromatic heterocycles. The lowest BCUT2D eigenvalue weighted by Gasteiger charge is -2.44. The molecule has 110 valence electrons. The quantitative estimate of drug-likeness (QED) is 0.803. The first-order chi connectivity index (χ1) is 8.97. The van der Waals surface area contributed by atoms with Gasteiger partial charge < -0.3 is 10.2 Å². The second-order valence-corrected chi connectivity index (χ2v) is 5.75. The largest absolute Gasteiger partial charge is 0.342 e. The normalized spacial score (nSPS) is 24.3. The van der Waals surface area contributed by atoms with E-state index in [4.69, 9.17) is 0 Å². The molecule has 19 heavy (non-hydrogen) atoms. The molecule has 0 aromatic rings. The van der Waals surface area contributed by atoms with Gasteiger partial charge in [0.15, 0.2) is 0 Å². The predicted molar refractivity (Wildman–Crippen MR) is 76.7 cm³/mol. The highest BCUT2D eigenvalue weighted by Crippen LogP contribution is 2.23. The molecule has 1 heterocycles. The minimum atomic E-state index is -0.360. The lowest BCUT2D eigenvalue weighted by Crippen LogP contribution is -2.66. The van der Waals surface area contributed by atoms with Gasteiger partial charge in [0, 0.05) is 6.04 Å². The number of piperazine rings is 1. The van der Waals surface area contributed by atoms with Crippen LogP contribution in [-0.4, -0.2) is 34.8 Å². The molecular formula is C15H28N2O2. The van der Waals surface area contributed by atoms with Crippen molar-refractivity contribution in [2.24, 2.45) is 5.92 Å². The van der Waals surface area contributed by atoms with E-state index < -0.39 is 0 Å². The Kier molecular flexibility index (Phi) is 5.83. The van der Waals surface area contributed by atoms with Crippen LogP contribution in [-0.2, 0) is 9.59 Å². The number of nitrogens with one attached hydrogen (secondary N) is 1. The molecule has 2 unspecified atom stereocenters. The Balaban J connectivity index is 3.05. The van der Waals surface area contributed by atoms with Crippen LogP contribution in [0.3, 0.4) is 0 Å². The number of carbonyl (C=O) groups is 2. The summed E-state index contributed by atoms with van der Waals surface area (Å²) in [4.78, 5) is 26.8. The molecule has 1 N–H and O–H groups in total. The van der Waals surface area contributed by atoms with Crippen LogP contribution >= 0.6 is 0 Å². The molecule has 0 spiro atoms. The summed E-state index contributed by atoms with van der Waals surface area (Å²) >= 11 is 0. The SMILES string of the molecule is CCCC1C(=O)NC(C(C)C)C(=O)N1C(CC)CC. The van der Waals surface area contributed by atoms with E-state index in [0.29, 0.717) is 0 Å². The van der Waals surface area contributed by atoms with Crippen molar-refractivity contribution >= 4 is 11.8 Å². The van der Waals surface area contributed by atoms with Gasteiger partial charge in [0.05, 0.1) is 0 Å². The summed E-state index contributed by atoms with van der Waals surface area (Å²) in [6.45, 7) is 10.2. The van der Waals surface area contributed by atoms with Crippen molar-refractivity contribution in [1.82, 2.24) is 10.2 Å². The Morgan fingerprint density at radius 2 is 1.74 bits per heavy atom. The fraction of sp³-hybridized carbons (Fsp3) is 0.867. The van der Waals surface area contributed by atoms with E-state index in [1.165, 1.54) is 0 Å². The third-order valence-corrected chi connectivity index (χ3v) is 4.02. The van der Waals surface area contributed by atoms with E-state index >= 15 is 0 Å². The van der Waals surface area contributed by atoms with Crippen LogP contribution in [0.25, 0.3) is 0 Å². The van der Waals surface area contributed by atoms with Gasteiger partial charge in [-0.15, -0.1) is 0 Å². The van der Waals surface area contributed by atoms with Crippen LogP contribution in [0.4, 0.5) is 0 Å². The maximum Gasteiger partial charge on any atom is 0.246 e. The van der Waals surface area contributed by atoms with Gasteiger partial charge in [-0.05, 0) is 25.2 Å². The Labute approximate surface area is 116 Å². The number of hydrogen-bond donors (Lipinski definition) is 1. The molecule has 1 aliphatic rings. The van der Waals surface area contributed by atoms with Crippen LogP contribution in [0.1, 0.15) is 60.3 Å². The lowest BCUT2D eigenvalue weighted by molar-refractivity contribution is -0.154. The molecule has 1 rings (SSSR count). The highest BCUT2D eigenvalue weighted by molar-refractivity contribution is 5.97. The van der Waals surface area contributed by atoms with Crippen LogP contribution in [0.15, 0.2) is 0 Å². The van der Waals surface area contributed by atoms with E-state index in [1.54, 1.807) is 0 Å². The number of carbonyl (C=O) groups excluding carboxylic acids is 2. The Morgan fingerprint density at radius 1 is 1.16 bits per heavy atom. The summed E-state index contributed by atoms with van der Waals surface area (Å²) < 4.78 is 0. The van der Waals surface area contributed by atoms with Gasteiger partial charge >= 0.3 is 0 Å². The molecule has 4 nitrogen and oxygen atoms in total. The van der Waals surface area contributed by atoms with Crippen molar-refractivity contribution in [3.8, 4) is 0 Å². The fourth-order valence-electron chi connectivity index (χ4n) is 2.86. The minimum absolute atomic E-state index is 0.0204. The molecular weight excluding hydrogens is 240 g/mol. The molecule has 1 fully saturated rings. The maximum atomic E-state index is 12.7. The molecule has 0 bridgehead atoms. The second-order valence-electron chi connectivity index (χ2n) is 5.75. The van der Waals surface area contributed by atoms with Gasteiger partial charge in [-0.1, -0.05) is 41.0 Å². The van der Waals surface area contributed by atoms with Gasteiger partial charge in [-0.25, -0.2) is 0 Å². The van der Waals surface area contributed by atoms with Gasteiger partial charge in [-0.2, -0.15) is 0 Å². The summed E-state index contributed by atoms with van der Waals surface area (Å²) in [5.41, 5.74) is 0. The minimum Gasteiger partial charge on any atom is -0.342 e. The van der Waals surface area contributed by atoms with E-state index in [2.05, 4.69) is 26.1 Å². The van der Waals surface area contributed by atoms with Gasteiger partial charge in [0.2, 0.25) is 11.8 Å². The van der Waals surface area contributed by atoms with Crippen molar-refractivity contribution in [2.45, 2.75) is 78.4 Å². The summed E-state index contributed by atoms with van der Waals surface area (Å²) in [5.74, 6) is 0.254. The molecule has 0 aromatic carbocycles. The molecule has 1 aliphatic heterocycles. The highest BCUT2D eigenvalue weighted by Gasteiger charge is 2.43. The van der Waals surface area contributed by atoms with E-state index in [0.717, 1.165) is 25.7 Å². The summed E-state index contributed by atoms with van der Waals surface area (Å²) in [6.07, 6.45) is 3.47. The van der Waals surface area contributed by atoms with E-state index in [9.17, 15) is 9.59 Å². The first kappa shape index (κ1) is 16.0. The zero-order chi connectivity index (χ0) is 14.6. The fourth-order valence-corrected chi connectivity index (χ4v) is 2.86. The standard InChI is InChI=1S/C15H28N2O2/c1-6-9-12-14(18)16-13(10(4)5)15(19)17(12)11(7-2)8-3/h10-13H,6-9H2,1-5H3,(H,16,18). The first-order valence-electron chi connectivity index (χ1n) is 7.60. The topological polar surface area (TPSA) is 49.4 Å². The van der Waals surface area contributed by atoms with Gasteiger partial charge in [0.25, 0.3) is 0 Å². The number of hydrogen-bond acceptors (Lipinski definition) is 2. The summed E-state index contributed by atoms with van der Waals surface area (Å²) in [5, 5.41) is 2.90. The molecule has 2 amide bonds. The first-order valence-corrected chi connectivity index (χ1v) is 7.60. The Bertz CT molecular complexity index is 324. The zero-order valence-corrected chi connectivity index (χ0v) is 12.9. The van der Waals surface area contributed by atoms with Crippen molar-refractivity contribution in [3.05, 3.63) is 0 Å². The van der Waals surface area contributed by atoms with Crippen LogP contribution in [0.2, 0.25) is 0 Å². The third kappa shape index (κ3) is 3.28. The van der Waals surface area contributed by atoms with Crippen molar-refractivity contribution < 1.29 is 9.59 Å². The average molecular weight is 268 g/mol. The average Bonchev–Trinajstić information content (AvgIpc) is 2.37. The Hall–Kier alpha value is -1.06. The molecule has 0 radical (unpaired) electrons. The molecule has 4 heteroatoms. The van der Waals surface area contributed by atoms with Crippen molar-refractivity contribution in [1.29, 1.82) is 0 Å². The van der Waals surface area contributed by atoms with Gasteiger partial charge in [0.1, 0.15) is 12.1 Å².